The zero-order valence-corrected chi connectivity index (χ0v) is 11.5. The Morgan fingerprint density at radius 1 is 0.947 bits per heavy atom. The molecular formula is C18H19N. The van der Waals surface area contributed by atoms with Gasteiger partial charge in [-0.1, -0.05) is 60.7 Å². The minimum Gasteiger partial charge on any atom is -0.296 e. The van der Waals surface area contributed by atoms with Crippen LogP contribution < -0.4 is 0 Å². The molecule has 0 aromatic heterocycles. The first-order chi connectivity index (χ1) is 9.25. The van der Waals surface area contributed by atoms with Gasteiger partial charge in [0.25, 0.3) is 0 Å². The first-order valence-corrected chi connectivity index (χ1v) is 6.81. The highest BCUT2D eigenvalue weighted by Gasteiger charge is 2.18. The Morgan fingerprint density at radius 2 is 1.63 bits per heavy atom. The molecular weight excluding hydrogens is 230 g/mol. The van der Waals surface area contributed by atoms with Gasteiger partial charge in [0.05, 0.1) is 0 Å². The minimum atomic E-state index is 0.447. The number of rotatable bonds is 1. The van der Waals surface area contributed by atoms with Crippen LogP contribution in [0.1, 0.15) is 23.6 Å². The van der Waals surface area contributed by atoms with E-state index in [2.05, 4.69) is 79.5 Å². The van der Waals surface area contributed by atoms with Crippen LogP contribution >= 0.6 is 0 Å². The summed E-state index contributed by atoms with van der Waals surface area (Å²) in [5, 5.41) is 0. The summed E-state index contributed by atoms with van der Waals surface area (Å²) in [5.74, 6) is 0. The lowest BCUT2D eigenvalue weighted by molar-refractivity contribution is 0.291. The largest absolute Gasteiger partial charge is 0.296 e. The summed E-state index contributed by atoms with van der Waals surface area (Å²) >= 11 is 0. The van der Waals surface area contributed by atoms with Crippen molar-refractivity contribution in [2.75, 3.05) is 7.05 Å². The average molecular weight is 249 g/mol. The first-order valence-electron chi connectivity index (χ1n) is 6.81. The van der Waals surface area contributed by atoms with E-state index in [9.17, 15) is 0 Å². The van der Waals surface area contributed by atoms with Gasteiger partial charge in [-0.05, 0) is 36.2 Å². The van der Waals surface area contributed by atoms with E-state index in [1.165, 1.54) is 22.3 Å². The topological polar surface area (TPSA) is 3.24 Å². The zero-order valence-electron chi connectivity index (χ0n) is 11.5. The highest BCUT2D eigenvalue weighted by Crippen LogP contribution is 2.30. The fourth-order valence-electron chi connectivity index (χ4n) is 2.66. The average Bonchev–Trinajstić information content (AvgIpc) is 2.58. The minimum absolute atomic E-state index is 0.447. The molecule has 0 amide bonds. The molecule has 0 saturated heterocycles. The van der Waals surface area contributed by atoms with Gasteiger partial charge in [0.15, 0.2) is 0 Å². The summed E-state index contributed by atoms with van der Waals surface area (Å²) in [7, 11) is 2.19. The van der Waals surface area contributed by atoms with Crippen LogP contribution in [0.5, 0.6) is 0 Å². The van der Waals surface area contributed by atoms with E-state index in [1.807, 2.05) is 0 Å². The maximum atomic E-state index is 2.38. The SMILES string of the molecule is CC1C=C(c2ccccc2)c2ccccc2CN1C. The fourth-order valence-corrected chi connectivity index (χ4v) is 2.66. The van der Waals surface area contributed by atoms with Crippen molar-refractivity contribution in [1.29, 1.82) is 0 Å². The highest BCUT2D eigenvalue weighted by atomic mass is 15.1. The molecule has 0 spiro atoms. The third-order valence-corrected chi connectivity index (χ3v) is 3.92. The number of likely N-dealkylation sites (N-methyl/N-ethyl adjacent to an activating group) is 1. The molecule has 1 heterocycles. The van der Waals surface area contributed by atoms with Crippen molar-refractivity contribution in [2.45, 2.75) is 19.5 Å². The van der Waals surface area contributed by atoms with Crippen molar-refractivity contribution in [2.24, 2.45) is 0 Å². The predicted molar refractivity (Wildman–Crippen MR) is 80.9 cm³/mol. The second-order valence-electron chi connectivity index (χ2n) is 5.26. The number of hydrogen-bond acceptors (Lipinski definition) is 1. The van der Waals surface area contributed by atoms with Crippen LogP contribution in [0.25, 0.3) is 5.57 Å². The summed E-state index contributed by atoms with van der Waals surface area (Å²) in [6.45, 7) is 3.26. The number of benzene rings is 2. The number of nitrogens with zero attached hydrogens (tertiary/aromatic N) is 1. The Hall–Kier alpha value is -1.86. The van der Waals surface area contributed by atoms with Crippen LogP contribution in [0.4, 0.5) is 0 Å². The van der Waals surface area contributed by atoms with Crippen molar-refractivity contribution in [3.63, 3.8) is 0 Å². The molecule has 0 radical (unpaired) electrons. The summed E-state index contributed by atoms with van der Waals surface area (Å²) in [4.78, 5) is 2.38. The van der Waals surface area contributed by atoms with E-state index >= 15 is 0 Å². The monoisotopic (exact) mass is 249 g/mol. The van der Waals surface area contributed by atoms with E-state index in [-0.39, 0.29) is 0 Å². The Balaban J connectivity index is 2.18. The third-order valence-electron chi connectivity index (χ3n) is 3.92. The molecule has 1 heteroatoms. The molecule has 96 valence electrons. The van der Waals surface area contributed by atoms with Gasteiger partial charge in [-0.3, -0.25) is 4.90 Å². The smallest absolute Gasteiger partial charge is 0.0259 e. The second kappa shape index (κ2) is 5.02. The summed E-state index contributed by atoms with van der Waals surface area (Å²) < 4.78 is 0. The molecule has 1 unspecified atom stereocenters. The van der Waals surface area contributed by atoms with Crippen molar-refractivity contribution in [3.8, 4) is 0 Å². The van der Waals surface area contributed by atoms with Gasteiger partial charge in [-0.25, -0.2) is 0 Å². The molecule has 0 bridgehead atoms. The molecule has 1 nitrogen and oxygen atoms in total. The molecule has 1 atom stereocenters. The normalized spacial score (nSPS) is 19.5. The van der Waals surface area contributed by atoms with Crippen molar-refractivity contribution in [1.82, 2.24) is 4.90 Å². The number of fused-ring (bicyclic) bond motifs is 1. The van der Waals surface area contributed by atoms with E-state index in [0.29, 0.717) is 6.04 Å². The van der Waals surface area contributed by atoms with Gasteiger partial charge in [0.2, 0.25) is 0 Å². The van der Waals surface area contributed by atoms with Gasteiger partial charge in [0, 0.05) is 12.6 Å². The van der Waals surface area contributed by atoms with Gasteiger partial charge < -0.3 is 0 Å². The molecule has 2 aromatic carbocycles. The fraction of sp³-hybridized carbons (Fsp3) is 0.222. The van der Waals surface area contributed by atoms with Gasteiger partial charge in [0.1, 0.15) is 0 Å². The number of hydrogen-bond donors (Lipinski definition) is 0. The molecule has 0 N–H and O–H groups in total. The Morgan fingerprint density at radius 3 is 2.42 bits per heavy atom. The van der Waals surface area contributed by atoms with E-state index in [4.69, 9.17) is 0 Å². The molecule has 1 aliphatic heterocycles. The lowest BCUT2D eigenvalue weighted by Gasteiger charge is -2.20. The Bertz CT molecular complexity index is 598. The Kier molecular flexibility index (Phi) is 3.22. The van der Waals surface area contributed by atoms with Crippen LogP contribution in [-0.2, 0) is 6.54 Å². The zero-order chi connectivity index (χ0) is 13.2. The third kappa shape index (κ3) is 2.34. The van der Waals surface area contributed by atoms with Crippen LogP contribution in [0.15, 0.2) is 60.7 Å². The second-order valence-corrected chi connectivity index (χ2v) is 5.26. The van der Waals surface area contributed by atoms with Crippen LogP contribution in [0.2, 0.25) is 0 Å². The van der Waals surface area contributed by atoms with Crippen LogP contribution in [-0.4, -0.2) is 18.0 Å². The summed E-state index contributed by atoms with van der Waals surface area (Å²) in [6.07, 6.45) is 2.38. The molecule has 0 saturated carbocycles. The van der Waals surface area contributed by atoms with Crippen molar-refractivity contribution < 1.29 is 0 Å². The summed E-state index contributed by atoms with van der Waals surface area (Å²) in [5.41, 5.74) is 5.43. The molecule has 0 fully saturated rings. The maximum absolute atomic E-state index is 2.38. The van der Waals surface area contributed by atoms with Crippen LogP contribution in [0, 0.1) is 0 Å². The summed E-state index contributed by atoms with van der Waals surface area (Å²) in [6, 6.07) is 19.9. The van der Waals surface area contributed by atoms with E-state index < -0.39 is 0 Å². The van der Waals surface area contributed by atoms with Gasteiger partial charge in [-0.2, -0.15) is 0 Å². The molecule has 0 aliphatic carbocycles. The first kappa shape index (κ1) is 12.2. The van der Waals surface area contributed by atoms with E-state index in [0.717, 1.165) is 6.54 Å². The lowest BCUT2D eigenvalue weighted by atomic mass is 9.94. The molecule has 3 rings (SSSR count). The van der Waals surface area contributed by atoms with Gasteiger partial charge >= 0.3 is 0 Å². The van der Waals surface area contributed by atoms with Crippen molar-refractivity contribution in [3.05, 3.63) is 77.4 Å². The van der Waals surface area contributed by atoms with Crippen LogP contribution in [0.3, 0.4) is 0 Å². The molecule has 1 aliphatic rings. The standard InChI is InChI=1S/C18H19N/c1-14-12-18(15-8-4-3-5-9-15)17-11-7-6-10-16(17)13-19(14)2/h3-12,14H,13H2,1-2H3. The van der Waals surface area contributed by atoms with Crippen molar-refractivity contribution >= 4 is 5.57 Å². The predicted octanol–water partition coefficient (Wildman–Crippen LogP) is 3.95. The van der Waals surface area contributed by atoms with Gasteiger partial charge in [-0.15, -0.1) is 0 Å². The highest BCUT2D eigenvalue weighted by molar-refractivity contribution is 5.82. The quantitative estimate of drug-likeness (QED) is 0.739. The molecule has 2 aromatic rings. The maximum Gasteiger partial charge on any atom is 0.0259 e. The lowest BCUT2D eigenvalue weighted by Crippen LogP contribution is -2.25. The molecule has 19 heavy (non-hydrogen) atoms. The van der Waals surface area contributed by atoms with E-state index in [1.54, 1.807) is 0 Å². The Labute approximate surface area is 115 Å².